The molecule has 0 fully saturated rings. The Labute approximate surface area is 191 Å². The fraction of sp³-hybridized carbons (Fsp3) is 0.292. The number of carbonyl (C=O) groups excluding carboxylic acids is 1. The number of para-hydroxylation sites is 1. The first-order chi connectivity index (χ1) is 15.5. The molecule has 0 N–H and O–H groups in total. The molecule has 0 unspecified atom stereocenters. The zero-order chi connectivity index (χ0) is 22.7. The van der Waals surface area contributed by atoms with Gasteiger partial charge in [0.15, 0.2) is 5.69 Å². The molecule has 32 heavy (non-hydrogen) atoms. The van der Waals surface area contributed by atoms with E-state index in [1.54, 1.807) is 29.2 Å². The van der Waals surface area contributed by atoms with E-state index in [0.29, 0.717) is 40.3 Å². The number of carbonyl (C=O) groups is 1. The molecule has 0 aliphatic carbocycles. The van der Waals surface area contributed by atoms with Crippen LogP contribution in [0.5, 0.6) is 5.88 Å². The number of nitriles is 1. The minimum absolute atomic E-state index is 0.0954. The van der Waals surface area contributed by atoms with Crippen molar-refractivity contribution in [1.82, 2.24) is 15.2 Å². The Balaban J connectivity index is 1.87. The molecule has 2 aromatic carbocycles. The molecule has 1 amide bonds. The van der Waals surface area contributed by atoms with Crippen LogP contribution in [0.4, 0.5) is 5.69 Å². The molecule has 1 aromatic heterocycles. The molecule has 7 nitrogen and oxygen atoms in total. The maximum absolute atomic E-state index is 13.1. The van der Waals surface area contributed by atoms with Gasteiger partial charge >= 0.3 is 0 Å². The zero-order valence-corrected chi connectivity index (χ0v) is 19.0. The lowest BCUT2D eigenvalue weighted by Crippen LogP contribution is -2.37. The van der Waals surface area contributed by atoms with E-state index in [2.05, 4.69) is 35.1 Å². The molecule has 2 heterocycles. The van der Waals surface area contributed by atoms with Gasteiger partial charge in [0.05, 0.1) is 17.3 Å². The number of benzene rings is 2. The van der Waals surface area contributed by atoms with E-state index in [0.717, 1.165) is 16.9 Å². The third kappa shape index (κ3) is 4.30. The van der Waals surface area contributed by atoms with Gasteiger partial charge in [0.2, 0.25) is 23.2 Å². The van der Waals surface area contributed by atoms with E-state index in [-0.39, 0.29) is 5.91 Å². The molecule has 0 spiro atoms. The molecule has 0 radical (unpaired) electrons. The molecule has 4 rings (SSSR count). The van der Waals surface area contributed by atoms with E-state index in [9.17, 15) is 4.79 Å². The second-order valence-corrected chi connectivity index (χ2v) is 8.78. The zero-order valence-electron chi connectivity index (χ0n) is 18.1. The van der Waals surface area contributed by atoms with Crippen molar-refractivity contribution in [1.29, 1.82) is 5.26 Å². The van der Waals surface area contributed by atoms with Gasteiger partial charge in [0.1, 0.15) is 0 Å². The molecule has 0 bridgehead atoms. The Morgan fingerprint density at radius 1 is 1.19 bits per heavy atom. The Morgan fingerprint density at radius 3 is 2.62 bits per heavy atom. The number of ether oxygens (including phenoxy) is 1. The first kappa shape index (κ1) is 21.8. The smallest absolute Gasteiger partial charge is 0.247 e. The first-order valence-corrected chi connectivity index (χ1v) is 11.5. The predicted molar refractivity (Wildman–Crippen MR) is 123 cm³/mol. The molecule has 0 saturated heterocycles. The van der Waals surface area contributed by atoms with E-state index in [1.165, 1.54) is 11.8 Å². The highest BCUT2D eigenvalue weighted by Crippen LogP contribution is 2.43. The fourth-order valence-electron chi connectivity index (χ4n) is 3.39. The van der Waals surface area contributed by atoms with Crippen LogP contribution in [0.15, 0.2) is 53.7 Å². The number of fused-ring (bicyclic) bond motifs is 3. The molecular weight excluding hydrogens is 422 g/mol. The third-order valence-corrected chi connectivity index (χ3v) is 6.22. The first-order valence-electron chi connectivity index (χ1n) is 10.5. The van der Waals surface area contributed by atoms with Crippen LogP contribution in [0.25, 0.3) is 11.3 Å². The normalized spacial score (nSPS) is 14.7. The van der Waals surface area contributed by atoms with Gasteiger partial charge < -0.3 is 4.74 Å². The second-order valence-electron chi connectivity index (χ2n) is 7.79. The minimum Gasteiger partial charge on any atom is -0.447 e. The average molecular weight is 446 g/mol. The number of nitrogens with zero attached hydrogens (tertiary/aromatic N) is 5. The summed E-state index contributed by atoms with van der Waals surface area (Å²) in [4.78, 5) is 19.4. The Bertz CT molecular complexity index is 1170. The molecular formula is C24H23N5O2S. The SMILES string of the molecule is CCC(=O)N1c2ccccc2-c2nnc(SCC(C)C)nc2O[C@@H]1c1ccc(C#N)cc1. The Morgan fingerprint density at radius 2 is 1.94 bits per heavy atom. The fourth-order valence-corrected chi connectivity index (χ4v) is 4.12. The van der Waals surface area contributed by atoms with Crippen LogP contribution in [-0.2, 0) is 4.79 Å². The van der Waals surface area contributed by atoms with Crippen molar-refractivity contribution in [2.75, 3.05) is 10.7 Å². The molecule has 8 heteroatoms. The highest BCUT2D eigenvalue weighted by molar-refractivity contribution is 7.99. The maximum atomic E-state index is 13.1. The highest BCUT2D eigenvalue weighted by Gasteiger charge is 2.35. The van der Waals surface area contributed by atoms with E-state index in [1.807, 2.05) is 31.2 Å². The van der Waals surface area contributed by atoms with E-state index in [4.69, 9.17) is 10.00 Å². The van der Waals surface area contributed by atoms with Crippen molar-refractivity contribution in [2.45, 2.75) is 38.6 Å². The van der Waals surface area contributed by atoms with Gasteiger partial charge in [-0.1, -0.05) is 62.9 Å². The van der Waals surface area contributed by atoms with Crippen molar-refractivity contribution in [3.8, 4) is 23.2 Å². The summed E-state index contributed by atoms with van der Waals surface area (Å²) in [7, 11) is 0. The molecule has 0 saturated carbocycles. The van der Waals surface area contributed by atoms with Crippen LogP contribution in [0, 0.1) is 17.2 Å². The number of amides is 1. The summed E-state index contributed by atoms with van der Waals surface area (Å²) in [6.45, 7) is 6.08. The predicted octanol–water partition coefficient (Wildman–Crippen LogP) is 4.99. The summed E-state index contributed by atoms with van der Waals surface area (Å²) in [6, 6.07) is 16.7. The highest BCUT2D eigenvalue weighted by atomic mass is 32.2. The number of hydrogen-bond acceptors (Lipinski definition) is 7. The van der Waals surface area contributed by atoms with Crippen molar-refractivity contribution in [2.24, 2.45) is 5.92 Å². The van der Waals surface area contributed by atoms with E-state index < -0.39 is 6.23 Å². The van der Waals surface area contributed by atoms with Crippen LogP contribution < -0.4 is 9.64 Å². The Kier molecular flexibility index (Phi) is 6.37. The average Bonchev–Trinajstić information content (AvgIpc) is 2.96. The maximum Gasteiger partial charge on any atom is 0.247 e. The lowest BCUT2D eigenvalue weighted by Gasteiger charge is -2.30. The van der Waals surface area contributed by atoms with Crippen molar-refractivity contribution >= 4 is 23.4 Å². The van der Waals surface area contributed by atoms with Crippen molar-refractivity contribution in [3.63, 3.8) is 0 Å². The second kappa shape index (κ2) is 9.37. The van der Waals surface area contributed by atoms with Gasteiger partial charge in [-0.15, -0.1) is 10.2 Å². The number of rotatable bonds is 5. The van der Waals surface area contributed by atoms with Gasteiger partial charge in [0, 0.05) is 23.3 Å². The summed E-state index contributed by atoms with van der Waals surface area (Å²) in [6.07, 6.45) is -0.452. The van der Waals surface area contributed by atoms with Gasteiger partial charge in [0.25, 0.3) is 0 Å². The van der Waals surface area contributed by atoms with Crippen LogP contribution in [-0.4, -0.2) is 26.8 Å². The number of thioether (sulfide) groups is 1. The minimum atomic E-state index is -0.753. The van der Waals surface area contributed by atoms with E-state index >= 15 is 0 Å². The Hall–Kier alpha value is -3.44. The summed E-state index contributed by atoms with van der Waals surface area (Å²) >= 11 is 1.52. The molecule has 1 atom stereocenters. The number of anilines is 1. The van der Waals surface area contributed by atoms with Gasteiger partial charge in [-0.3, -0.25) is 9.69 Å². The molecule has 1 aliphatic heterocycles. The quantitative estimate of drug-likeness (QED) is 0.511. The van der Waals surface area contributed by atoms with Crippen molar-refractivity contribution in [3.05, 3.63) is 59.7 Å². The van der Waals surface area contributed by atoms with Gasteiger partial charge in [-0.25, -0.2) is 0 Å². The monoisotopic (exact) mass is 445 g/mol. The lowest BCUT2D eigenvalue weighted by molar-refractivity contribution is -0.120. The summed E-state index contributed by atoms with van der Waals surface area (Å²) < 4.78 is 6.38. The van der Waals surface area contributed by atoms with Crippen LogP contribution >= 0.6 is 11.8 Å². The van der Waals surface area contributed by atoms with Crippen molar-refractivity contribution < 1.29 is 9.53 Å². The largest absolute Gasteiger partial charge is 0.447 e. The molecule has 1 aliphatic rings. The topological polar surface area (TPSA) is 92.0 Å². The summed E-state index contributed by atoms with van der Waals surface area (Å²) in [5, 5.41) is 18.4. The van der Waals surface area contributed by atoms with Crippen LogP contribution in [0.3, 0.4) is 0 Å². The van der Waals surface area contributed by atoms with Gasteiger partial charge in [-0.05, 0) is 24.1 Å². The van der Waals surface area contributed by atoms with Gasteiger partial charge in [-0.2, -0.15) is 10.2 Å². The summed E-state index contributed by atoms with van der Waals surface area (Å²) in [5.74, 6) is 1.57. The summed E-state index contributed by atoms with van der Waals surface area (Å²) in [5.41, 5.74) is 3.20. The molecule has 3 aromatic rings. The third-order valence-electron chi connectivity index (χ3n) is 4.95. The number of hydrogen-bond donors (Lipinski definition) is 0. The molecule has 162 valence electrons. The number of aromatic nitrogens is 3. The van der Waals surface area contributed by atoms with Crippen LogP contribution in [0.2, 0.25) is 0 Å². The lowest BCUT2D eigenvalue weighted by atomic mass is 10.1. The standard InChI is InChI=1S/C24H23N5O2S/c1-4-20(30)29-19-8-6-5-7-18(19)21-22(26-24(28-27-21)32-14-15(2)3)31-23(29)17-11-9-16(13-25)10-12-17/h5-12,15,23H,4,14H2,1-3H3/t23-/m1/s1. The van der Waals surface area contributed by atoms with Crippen LogP contribution in [0.1, 0.15) is 44.5 Å².